The van der Waals surface area contributed by atoms with E-state index in [1.54, 1.807) is 18.2 Å². The fraction of sp³-hybridized carbons (Fsp3) is 0.158. The highest BCUT2D eigenvalue weighted by molar-refractivity contribution is 5.92. The summed E-state index contributed by atoms with van der Waals surface area (Å²) >= 11 is 0. The molecule has 1 heterocycles. The number of carboxylic acids is 1. The molecular formula is C19H17NO5. The molecule has 0 radical (unpaired) electrons. The number of carbonyl (C=O) groups excluding carboxylic acids is 1. The minimum Gasteiger partial charge on any atom is -0.486 e. The van der Waals surface area contributed by atoms with Crippen LogP contribution in [0.25, 0.3) is 6.08 Å². The van der Waals surface area contributed by atoms with Crippen LogP contribution in [0.2, 0.25) is 0 Å². The van der Waals surface area contributed by atoms with Crippen LogP contribution in [0.5, 0.6) is 11.5 Å². The molecular weight excluding hydrogens is 322 g/mol. The molecule has 0 aromatic heterocycles. The Morgan fingerprint density at radius 2 is 1.88 bits per heavy atom. The maximum Gasteiger partial charge on any atom is 0.335 e. The number of fused-ring (bicyclic) bond motifs is 1. The fourth-order valence-electron chi connectivity index (χ4n) is 2.40. The van der Waals surface area contributed by atoms with Gasteiger partial charge < -0.3 is 19.9 Å². The van der Waals surface area contributed by atoms with Crippen LogP contribution in [-0.4, -0.2) is 30.2 Å². The number of nitrogens with one attached hydrogen (secondary N) is 1. The van der Waals surface area contributed by atoms with Gasteiger partial charge in [0.25, 0.3) is 0 Å². The molecule has 0 atom stereocenters. The number of hydrogen-bond acceptors (Lipinski definition) is 4. The number of hydrogen-bond donors (Lipinski definition) is 2. The van der Waals surface area contributed by atoms with Crippen molar-refractivity contribution < 1.29 is 24.2 Å². The lowest BCUT2D eigenvalue weighted by molar-refractivity contribution is -0.116. The van der Waals surface area contributed by atoms with Crippen molar-refractivity contribution in [2.45, 2.75) is 6.54 Å². The topological polar surface area (TPSA) is 84.9 Å². The number of aromatic carboxylic acids is 1. The molecule has 2 aromatic carbocycles. The summed E-state index contributed by atoms with van der Waals surface area (Å²) < 4.78 is 10.9. The van der Waals surface area contributed by atoms with E-state index in [0.717, 1.165) is 11.1 Å². The predicted molar refractivity (Wildman–Crippen MR) is 91.7 cm³/mol. The number of carbonyl (C=O) groups is 2. The predicted octanol–water partition coefficient (Wildman–Crippen LogP) is 2.49. The average molecular weight is 339 g/mol. The number of rotatable bonds is 5. The minimum absolute atomic E-state index is 0.193. The first-order valence-electron chi connectivity index (χ1n) is 7.79. The Labute approximate surface area is 144 Å². The lowest BCUT2D eigenvalue weighted by Gasteiger charge is -2.18. The van der Waals surface area contributed by atoms with Crippen molar-refractivity contribution in [3.05, 3.63) is 65.2 Å². The maximum absolute atomic E-state index is 11.9. The molecule has 0 fully saturated rings. The van der Waals surface area contributed by atoms with E-state index in [2.05, 4.69) is 5.32 Å². The SMILES string of the molecule is O=C(/C=C\c1ccc2c(c1)OCCO2)NCc1cccc(C(=O)O)c1. The van der Waals surface area contributed by atoms with Crippen molar-refractivity contribution in [2.75, 3.05) is 13.2 Å². The largest absolute Gasteiger partial charge is 0.486 e. The van der Waals surface area contributed by atoms with Crippen LogP contribution in [0.1, 0.15) is 21.5 Å². The second-order valence-corrected chi connectivity index (χ2v) is 5.46. The molecule has 128 valence electrons. The summed E-state index contributed by atoms with van der Waals surface area (Å²) in [5.41, 5.74) is 1.74. The van der Waals surface area contributed by atoms with Gasteiger partial charge in [-0.25, -0.2) is 4.79 Å². The normalized spacial score (nSPS) is 12.8. The molecule has 6 nitrogen and oxygen atoms in total. The van der Waals surface area contributed by atoms with Gasteiger partial charge in [0.15, 0.2) is 11.5 Å². The Balaban J connectivity index is 1.58. The molecule has 1 aliphatic rings. The second kappa shape index (κ2) is 7.53. The van der Waals surface area contributed by atoms with Gasteiger partial charge in [-0.3, -0.25) is 4.79 Å². The molecule has 6 heteroatoms. The van der Waals surface area contributed by atoms with Gasteiger partial charge in [0.1, 0.15) is 13.2 Å². The summed E-state index contributed by atoms with van der Waals surface area (Å²) in [5, 5.41) is 11.7. The van der Waals surface area contributed by atoms with Gasteiger partial charge in [-0.2, -0.15) is 0 Å². The van der Waals surface area contributed by atoms with Crippen molar-refractivity contribution >= 4 is 18.0 Å². The zero-order chi connectivity index (χ0) is 17.6. The van der Waals surface area contributed by atoms with Crippen molar-refractivity contribution in [1.29, 1.82) is 0 Å². The van der Waals surface area contributed by atoms with E-state index in [1.165, 1.54) is 18.2 Å². The van der Waals surface area contributed by atoms with E-state index in [1.807, 2.05) is 18.2 Å². The Morgan fingerprint density at radius 3 is 2.68 bits per heavy atom. The third-order valence-corrected chi connectivity index (χ3v) is 3.63. The molecule has 2 aromatic rings. The Bertz CT molecular complexity index is 828. The highest BCUT2D eigenvalue weighted by atomic mass is 16.6. The molecule has 0 aliphatic carbocycles. The van der Waals surface area contributed by atoms with E-state index in [0.29, 0.717) is 24.7 Å². The first-order valence-corrected chi connectivity index (χ1v) is 7.79. The first kappa shape index (κ1) is 16.6. The van der Waals surface area contributed by atoms with Crippen molar-refractivity contribution in [1.82, 2.24) is 5.32 Å². The number of amides is 1. The summed E-state index contributed by atoms with van der Waals surface area (Å²) in [6, 6.07) is 11.9. The van der Waals surface area contributed by atoms with Gasteiger partial charge in [-0.1, -0.05) is 18.2 Å². The van der Waals surface area contributed by atoms with Gasteiger partial charge in [0.2, 0.25) is 5.91 Å². The maximum atomic E-state index is 11.9. The monoisotopic (exact) mass is 339 g/mol. The average Bonchev–Trinajstić information content (AvgIpc) is 2.64. The van der Waals surface area contributed by atoms with E-state index < -0.39 is 5.97 Å². The highest BCUT2D eigenvalue weighted by Crippen LogP contribution is 2.31. The van der Waals surface area contributed by atoms with Gasteiger partial charge in [0, 0.05) is 12.6 Å². The molecule has 0 unspecified atom stereocenters. The molecule has 25 heavy (non-hydrogen) atoms. The Morgan fingerprint density at radius 1 is 1.08 bits per heavy atom. The van der Waals surface area contributed by atoms with E-state index >= 15 is 0 Å². The third kappa shape index (κ3) is 4.38. The molecule has 0 bridgehead atoms. The molecule has 0 saturated heterocycles. The number of ether oxygens (including phenoxy) is 2. The van der Waals surface area contributed by atoms with E-state index in [-0.39, 0.29) is 18.0 Å². The summed E-state index contributed by atoms with van der Waals surface area (Å²) in [7, 11) is 0. The Hall–Kier alpha value is -3.28. The standard InChI is InChI=1S/C19H17NO5/c21-18(20-12-14-2-1-3-15(10-14)19(22)23)7-5-13-4-6-16-17(11-13)25-9-8-24-16/h1-7,10-11H,8-9,12H2,(H,20,21)(H,22,23)/b7-5-. The summed E-state index contributed by atoms with van der Waals surface area (Å²) in [6.07, 6.45) is 3.10. The fourth-order valence-corrected chi connectivity index (χ4v) is 2.40. The Kier molecular flexibility index (Phi) is 4.99. The second-order valence-electron chi connectivity index (χ2n) is 5.46. The molecule has 1 aliphatic heterocycles. The molecule has 2 N–H and O–H groups in total. The van der Waals surface area contributed by atoms with Gasteiger partial charge in [0.05, 0.1) is 5.56 Å². The molecule has 1 amide bonds. The lowest BCUT2D eigenvalue weighted by Crippen LogP contribution is -2.20. The lowest BCUT2D eigenvalue weighted by atomic mass is 10.1. The van der Waals surface area contributed by atoms with Crippen molar-refractivity contribution in [3.63, 3.8) is 0 Å². The summed E-state index contributed by atoms with van der Waals surface area (Å²) in [6.45, 7) is 1.30. The van der Waals surface area contributed by atoms with E-state index in [9.17, 15) is 9.59 Å². The van der Waals surface area contributed by atoms with Crippen LogP contribution in [0.4, 0.5) is 0 Å². The number of carboxylic acid groups (broad SMARTS) is 1. The highest BCUT2D eigenvalue weighted by Gasteiger charge is 2.10. The van der Waals surface area contributed by atoms with Crippen LogP contribution < -0.4 is 14.8 Å². The van der Waals surface area contributed by atoms with Crippen LogP contribution in [0.3, 0.4) is 0 Å². The van der Waals surface area contributed by atoms with Crippen molar-refractivity contribution in [2.24, 2.45) is 0 Å². The van der Waals surface area contributed by atoms with Crippen LogP contribution in [0, 0.1) is 0 Å². The van der Waals surface area contributed by atoms with Crippen LogP contribution >= 0.6 is 0 Å². The van der Waals surface area contributed by atoms with Gasteiger partial charge in [-0.05, 0) is 41.5 Å². The van der Waals surface area contributed by atoms with Gasteiger partial charge >= 0.3 is 5.97 Å². The molecule has 0 spiro atoms. The van der Waals surface area contributed by atoms with Crippen LogP contribution in [0.15, 0.2) is 48.5 Å². The zero-order valence-corrected chi connectivity index (χ0v) is 13.4. The summed E-state index contributed by atoms with van der Waals surface area (Å²) in [5.74, 6) is 0.104. The molecule has 3 rings (SSSR count). The van der Waals surface area contributed by atoms with Crippen molar-refractivity contribution in [3.8, 4) is 11.5 Å². The summed E-state index contributed by atoms with van der Waals surface area (Å²) in [4.78, 5) is 22.9. The van der Waals surface area contributed by atoms with Gasteiger partial charge in [-0.15, -0.1) is 0 Å². The molecule has 0 saturated carbocycles. The number of benzene rings is 2. The zero-order valence-electron chi connectivity index (χ0n) is 13.4. The quantitative estimate of drug-likeness (QED) is 0.818. The van der Waals surface area contributed by atoms with Crippen LogP contribution in [-0.2, 0) is 11.3 Å². The van der Waals surface area contributed by atoms with E-state index in [4.69, 9.17) is 14.6 Å². The third-order valence-electron chi connectivity index (χ3n) is 3.63. The first-order chi connectivity index (χ1) is 12.1. The minimum atomic E-state index is -0.994. The smallest absolute Gasteiger partial charge is 0.335 e.